The van der Waals surface area contributed by atoms with Gasteiger partial charge in [-0.15, -0.1) is 0 Å². The number of halogens is 2. The van der Waals surface area contributed by atoms with Crippen LogP contribution in [0.1, 0.15) is 92.7 Å². The lowest BCUT2D eigenvalue weighted by atomic mass is 9.73. The summed E-state index contributed by atoms with van der Waals surface area (Å²) in [5.41, 5.74) is -1.39. The van der Waals surface area contributed by atoms with Crippen LogP contribution in [0.5, 0.6) is 0 Å². The Balaban J connectivity index is 1.92. The van der Waals surface area contributed by atoms with Crippen molar-refractivity contribution < 1.29 is 57.4 Å². The molecule has 4 rings (SSSR count). The van der Waals surface area contributed by atoms with E-state index in [2.05, 4.69) is 5.10 Å². The minimum Gasteiger partial charge on any atom is -0.461 e. The molecule has 0 aromatic heterocycles. The van der Waals surface area contributed by atoms with E-state index in [1.807, 2.05) is 32.8 Å². The summed E-state index contributed by atoms with van der Waals surface area (Å²) in [7, 11) is 5.21. The maximum absolute atomic E-state index is 14.3. The van der Waals surface area contributed by atoms with Gasteiger partial charge in [0.15, 0.2) is 6.29 Å². The van der Waals surface area contributed by atoms with Crippen LogP contribution in [0.2, 0.25) is 0 Å². The van der Waals surface area contributed by atoms with Crippen molar-refractivity contribution in [2.24, 2.45) is 33.9 Å². The number of benzene rings is 2. The summed E-state index contributed by atoms with van der Waals surface area (Å²) in [6, 6.07) is 10.8. The van der Waals surface area contributed by atoms with Gasteiger partial charge in [0, 0.05) is 30.7 Å². The molecule has 3 N–H and O–H groups in total. The smallest absolute Gasteiger partial charge is 0.312 e. The standard InChI is InChI=1S/C46H67F2N3O10/c1-13-36-46(9,56)41(54)27(4)38(50-49-30(7)32-16-20-34(48)21-17-32)25(2)24-45(8,57-12)42(61-44-39(53)35(51(10)11)22-26(3)58-44)28(5)40(29(6)43(55)59-36)60-37(52)23-31-14-18-33(47)19-15-31/h14-21,25-29,35-36,39-42,44,53-54,56H,13,22-24H2,1-12H3. The third kappa shape index (κ3) is 12.1. The van der Waals surface area contributed by atoms with E-state index in [9.17, 15) is 33.7 Å². The van der Waals surface area contributed by atoms with Crippen molar-refractivity contribution in [2.75, 3.05) is 21.2 Å². The van der Waals surface area contributed by atoms with Crippen LogP contribution < -0.4 is 0 Å². The first-order chi connectivity index (χ1) is 28.5. The highest BCUT2D eigenvalue weighted by molar-refractivity contribution is 5.99. The van der Waals surface area contributed by atoms with Crippen molar-refractivity contribution in [3.8, 4) is 0 Å². The zero-order valence-corrected chi connectivity index (χ0v) is 37.7. The number of methoxy groups -OCH3 is 1. The molecule has 0 aliphatic carbocycles. The van der Waals surface area contributed by atoms with Gasteiger partial charge >= 0.3 is 11.9 Å². The first-order valence-corrected chi connectivity index (χ1v) is 21.2. The number of aliphatic hydroxyl groups is 3. The largest absolute Gasteiger partial charge is 0.461 e. The summed E-state index contributed by atoms with van der Waals surface area (Å²) in [5, 5.41) is 45.0. The zero-order valence-electron chi connectivity index (χ0n) is 37.7. The lowest BCUT2D eigenvalue weighted by Crippen LogP contribution is -2.60. The molecule has 14 unspecified atom stereocenters. The number of esters is 2. The highest BCUT2D eigenvalue weighted by atomic mass is 19.1. The minimum atomic E-state index is -2.01. The van der Waals surface area contributed by atoms with Crippen LogP contribution in [0.15, 0.2) is 58.7 Å². The molecule has 2 aliphatic heterocycles. The molecule has 340 valence electrons. The molecule has 2 heterocycles. The van der Waals surface area contributed by atoms with E-state index in [1.165, 1.54) is 50.4 Å². The molecule has 61 heavy (non-hydrogen) atoms. The van der Waals surface area contributed by atoms with Crippen LogP contribution >= 0.6 is 0 Å². The molecule has 13 nitrogen and oxygen atoms in total. The average Bonchev–Trinajstić information content (AvgIpc) is 3.21. The predicted octanol–water partition coefficient (Wildman–Crippen LogP) is 5.88. The van der Waals surface area contributed by atoms with Gasteiger partial charge < -0.3 is 43.9 Å². The molecule has 0 amide bonds. The van der Waals surface area contributed by atoms with Gasteiger partial charge in [-0.2, -0.15) is 10.2 Å². The van der Waals surface area contributed by atoms with Crippen molar-refractivity contribution in [1.82, 2.24) is 4.90 Å². The van der Waals surface area contributed by atoms with Gasteiger partial charge in [0.2, 0.25) is 0 Å². The number of aliphatic hydroxyl groups excluding tert-OH is 2. The third-order valence-corrected chi connectivity index (χ3v) is 12.6. The van der Waals surface area contributed by atoms with Gasteiger partial charge in [-0.3, -0.25) is 9.59 Å². The Morgan fingerprint density at radius 2 is 1.56 bits per heavy atom. The Hall–Kier alpha value is -3.70. The molecule has 2 aromatic carbocycles. The minimum absolute atomic E-state index is 0.110. The predicted molar refractivity (Wildman–Crippen MR) is 227 cm³/mol. The molecule has 0 saturated carbocycles. The van der Waals surface area contributed by atoms with Crippen LogP contribution in [0.25, 0.3) is 0 Å². The molecule has 2 aliphatic rings. The summed E-state index contributed by atoms with van der Waals surface area (Å²) in [4.78, 5) is 30.0. The van der Waals surface area contributed by atoms with E-state index < -0.39 is 95.3 Å². The highest BCUT2D eigenvalue weighted by Gasteiger charge is 2.52. The normalized spacial score (nSPS) is 36.7. The number of rotatable bonds is 10. The Bertz CT molecular complexity index is 1830. The van der Waals surface area contributed by atoms with E-state index in [0.29, 0.717) is 29.0 Å². The van der Waals surface area contributed by atoms with Crippen LogP contribution in [-0.2, 0) is 39.7 Å². The summed E-state index contributed by atoms with van der Waals surface area (Å²) in [6.45, 7) is 15.4. The summed E-state index contributed by atoms with van der Waals surface area (Å²) in [5.74, 6) is -5.85. The fourth-order valence-electron chi connectivity index (χ4n) is 8.83. The highest BCUT2D eigenvalue weighted by Crippen LogP contribution is 2.40. The molecule has 15 heteroatoms. The Morgan fingerprint density at radius 1 is 0.967 bits per heavy atom. The summed E-state index contributed by atoms with van der Waals surface area (Å²) >= 11 is 0. The number of hydrogen-bond acceptors (Lipinski definition) is 13. The molecular weight excluding hydrogens is 793 g/mol. The number of ether oxygens (including phenoxy) is 5. The second-order valence-electron chi connectivity index (χ2n) is 17.7. The molecular formula is C46H67F2N3O10. The molecule has 0 bridgehead atoms. The summed E-state index contributed by atoms with van der Waals surface area (Å²) < 4.78 is 59.3. The second kappa shape index (κ2) is 21.1. The second-order valence-corrected chi connectivity index (χ2v) is 17.7. The van der Waals surface area contributed by atoms with Crippen LogP contribution in [-0.4, -0.2) is 125 Å². The SMILES string of the molecule is CCC1OC(=O)C(C)C(OC(=O)Cc2ccc(F)cc2)C(C)C(OC2OC(C)CC(N(C)C)C2O)C(C)(OC)CC(C)C(=NN=C(C)c2ccc(F)cc2)C(C)C(O)C1(C)O. The molecule has 2 saturated heterocycles. The van der Waals surface area contributed by atoms with Crippen molar-refractivity contribution in [1.29, 1.82) is 0 Å². The Labute approximate surface area is 359 Å². The fourth-order valence-corrected chi connectivity index (χ4v) is 8.83. The lowest BCUT2D eigenvalue weighted by Gasteiger charge is -2.48. The van der Waals surface area contributed by atoms with E-state index in [0.717, 1.165) is 0 Å². The lowest BCUT2D eigenvalue weighted by molar-refractivity contribution is -0.301. The molecule has 0 spiro atoms. The zero-order chi connectivity index (χ0) is 45.6. The van der Waals surface area contributed by atoms with E-state index >= 15 is 0 Å². The van der Waals surface area contributed by atoms with Crippen molar-refractivity contribution >= 4 is 23.4 Å². The van der Waals surface area contributed by atoms with Gasteiger partial charge in [0.25, 0.3) is 0 Å². The van der Waals surface area contributed by atoms with Gasteiger partial charge in [-0.1, -0.05) is 52.0 Å². The first kappa shape index (κ1) is 50.0. The van der Waals surface area contributed by atoms with Crippen LogP contribution in [0.3, 0.4) is 0 Å². The van der Waals surface area contributed by atoms with Gasteiger partial charge in [-0.25, -0.2) is 8.78 Å². The number of carbonyl (C=O) groups is 2. The fraction of sp³-hybridized carbons (Fsp3) is 0.652. The molecule has 14 atom stereocenters. The Morgan fingerprint density at radius 3 is 2.11 bits per heavy atom. The quantitative estimate of drug-likeness (QED) is 0.148. The van der Waals surface area contributed by atoms with Crippen LogP contribution in [0.4, 0.5) is 8.78 Å². The van der Waals surface area contributed by atoms with Crippen molar-refractivity contribution in [2.45, 2.75) is 148 Å². The average molecular weight is 860 g/mol. The topological polar surface area (TPSA) is 169 Å². The van der Waals surface area contributed by atoms with Gasteiger partial charge in [0.1, 0.15) is 35.5 Å². The maximum Gasteiger partial charge on any atom is 0.312 e. The number of cyclic esters (lactones) is 1. The molecule has 2 fully saturated rings. The van der Waals surface area contributed by atoms with E-state index in [4.69, 9.17) is 28.8 Å². The number of nitrogens with zero attached hydrogens (tertiary/aromatic N) is 3. The summed E-state index contributed by atoms with van der Waals surface area (Å²) in [6.07, 6.45) is -7.14. The number of hydrogen-bond donors (Lipinski definition) is 3. The van der Waals surface area contributed by atoms with E-state index in [-0.39, 0.29) is 31.4 Å². The van der Waals surface area contributed by atoms with Crippen molar-refractivity contribution in [3.63, 3.8) is 0 Å². The number of likely N-dealkylation sites (N-methyl/N-ethyl adjacent to an activating group) is 1. The van der Waals surface area contributed by atoms with Crippen molar-refractivity contribution in [3.05, 3.63) is 71.3 Å². The van der Waals surface area contributed by atoms with Gasteiger partial charge in [-0.05, 0) is 109 Å². The Kier molecular flexibility index (Phi) is 17.3. The first-order valence-electron chi connectivity index (χ1n) is 21.2. The maximum atomic E-state index is 14.3. The number of carbonyl (C=O) groups excluding carboxylic acids is 2. The van der Waals surface area contributed by atoms with E-state index in [1.54, 1.807) is 53.7 Å². The van der Waals surface area contributed by atoms with Crippen LogP contribution in [0, 0.1) is 35.3 Å². The monoisotopic (exact) mass is 859 g/mol. The molecule has 0 radical (unpaired) electrons. The third-order valence-electron chi connectivity index (χ3n) is 12.6. The van der Waals surface area contributed by atoms with Gasteiger partial charge in [0.05, 0.1) is 42.0 Å². The molecule has 2 aromatic rings.